The van der Waals surface area contributed by atoms with E-state index in [1.807, 2.05) is 19.1 Å². The summed E-state index contributed by atoms with van der Waals surface area (Å²) in [5.74, 6) is 1.98. The number of carbonyl (C=O) groups is 2. The van der Waals surface area contributed by atoms with Crippen molar-refractivity contribution in [2.24, 2.45) is 23.7 Å². The molecule has 236 valence electrons. The van der Waals surface area contributed by atoms with Crippen LogP contribution in [0.5, 0.6) is 0 Å². The number of allylic oxidation sites excluding steroid dienone is 4. The average Bonchev–Trinajstić information content (AvgIpc) is 3.74. The van der Waals surface area contributed by atoms with E-state index < -0.39 is 29.5 Å². The molecular formula is C34H53NO7. The van der Waals surface area contributed by atoms with Crippen molar-refractivity contribution >= 4 is 11.9 Å². The molecule has 3 aliphatic heterocycles. The first-order valence-corrected chi connectivity index (χ1v) is 16.1. The Kier molecular flexibility index (Phi) is 11.1. The summed E-state index contributed by atoms with van der Waals surface area (Å²) in [5.41, 5.74) is -0.200. The molecule has 42 heavy (non-hydrogen) atoms. The molecule has 4 rings (SSSR count). The first kappa shape index (κ1) is 32.9. The van der Waals surface area contributed by atoms with Gasteiger partial charge in [-0.2, -0.15) is 0 Å². The Hall–Kier alpha value is -2.00. The van der Waals surface area contributed by atoms with Crippen LogP contribution in [0.4, 0.5) is 4.79 Å². The maximum Gasteiger partial charge on any atom is 0.410 e. The molecule has 3 saturated heterocycles. The fourth-order valence-corrected chi connectivity index (χ4v) is 7.06. The van der Waals surface area contributed by atoms with E-state index in [9.17, 15) is 19.8 Å². The highest BCUT2D eigenvalue weighted by atomic mass is 16.6. The lowest BCUT2D eigenvalue weighted by Gasteiger charge is -2.42. The van der Waals surface area contributed by atoms with Gasteiger partial charge in [0.05, 0.1) is 18.8 Å². The van der Waals surface area contributed by atoms with Gasteiger partial charge in [0.1, 0.15) is 23.9 Å². The molecular weight excluding hydrogens is 534 g/mol. The molecule has 0 bridgehead atoms. The zero-order valence-electron chi connectivity index (χ0n) is 26.3. The lowest BCUT2D eigenvalue weighted by molar-refractivity contribution is -0.192. The van der Waals surface area contributed by atoms with Crippen LogP contribution in [-0.4, -0.2) is 82.8 Å². The van der Waals surface area contributed by atoms with Gasteiger partial charge in [-0.05, 0) is 95.1 Å². The van der Waals surface area contributed by atoms with Gasteiger partial charge < -0.3 is 29.3 Å². The minimum absolute atomic E-state index is 0.0991. The van der Waals surface area contributed by atoms with Crippen molar-refractivity contribution in [1.82, 2.24) is 4.90 Å². The average molecular weight is 588 g/mol. The molecule has 1 unspecified atom stereocenters. The van der Waals surface area contributed by atoms with E-state index in [1.165, 1.54) is 0 Å². The van der Waals surface area contributed by atoms with Gasteiger partial charge >= 0.3 is 6.09 Å². The Balaban J connectivity index is 1.22. The summed E-state index contributed by atoms with van der Waals surface area (Å²) in [6.07, 6.45) is 14.8. The highest BCUT2D eigenvalue weighted by Gasteiger charge is 2.61. The van der Waals surface area contributed by atoms with E-state index in [2.05, 4.69) is 26.8 Å². The van der Waals surface area contributed by atoms with Crippen LogP contribution < -0.4 is 0 Å². The zero-order valence-corrected chi connectivity index (χ0v) is 26.3. The molecule has 9 atom stereocenters. The molecule has 1 amide bonds. The van der Waals surface area contributed by atoms with Crippen LogP contribution in [0.1, 0.15) is 86.0 Å². The third-order valence-corrected chi connectivity index (χ3v) is 9.96. The Labute approximate surface area is 252 Å². The smallest absolute Gasteiger partial charge is 0.410 e. The number of aliphatic hydroxyl groups is 2. The molecule has 4 fully saturated rings. The predicted molar refractivity (Wildman–Crippen MR) is 162 cm³/mol. The van der Waals surface area contributed by atoms with Crippen LogP contribution in [0.3, 0.4) is 0 Å². The van der Waals surface area contributed by atoms with Crippen molar-refractivity contribution in [3.05, 3.63) is 36.0 Å². The van der Waals surface area contributed by atoms with Crippen LogP contribution in [0.25, 0.3) is 0 Å². The number of hydrogen-bond acceptors (Lipinski definition) is 7. The fourth-order valence-electron chi connectivity index (χ4n) is 7.06. The van der Waals surface area contributed by atoms with Crippen LogP contribution in [0.2, 0.25) is 0 Å². The monoisotopic (exact) mass is 587 g/mol. The van der Waals surface area contributed by atoms with Crippen molar-refractivity contribution in [3.63, 3.8) is 0 Å². The topological polar surface area (TPSA) is 109 Å². The first-order chi connectivity index (χ1) is 19.9. The Morgan fingerprint density at radius 2 is 1.76 bits per heavy atom. The van der Waals surface area contributed by atoms with Gasteiger partial charge in [0, 0.05) is 25.9 Å². The van der Waals surface area contributed by atoms with Gasteiger partial charge in [0.2, 0.25) is 0 Å². The van der Waals surface area contributed by atoms with Crippen molar-refractivity contribution in [1.29, 1.82) is 0 Å². The number of carbonyl (C=O) groups excluding carboxylic acids is 2. The van der Waals surface area contributed by atoms with Crippen LogP contribution >= 0.6 is 0 Å². The van der Waals surface area contributed by atoms with E-state index >= 15 is 0 Å². The van der Waals surface area contributed by atoms with Crippen molar-refractivity contribution < 1.29 is 34.0 Å². The molecule has 1 saturated carbocycles. The summed E-state index contributed by atoms with van der Waals surface area (Å²) in [7, 11) is 0. The number of amides is 1. The van der Waals surface area contributed by atoms with Gasteiger partial charge in [-0.15, -0.1) is 0 Å². The van der Waals surface area contributed by atoms with Gasteiger partial charge in [-0.25, -0.2) is 4.79 Å². The Bertz CT molecular complexity index is 1030. The SMILES string of the molecule is CC(/C=C/C1O[C@](C)(CO)C[C@@]2(CO2)[C@@H]1O)=C\C[C@@H]1C[C@H](C)[C@H](CC(=O)/C=C\[C@H](C)OC(=O)N2CCCCC2)C[C@@H]1C. The second kappa shape index (κ2) is 14.2. The predicted octanol–water partition coefficient (Wildman–Crippen LogP) is 5.37. The third-order valence-electron chi connectivity index (χ3n) is 9.96. The lowest BCUT2D eigenvalue weighted by Crippen LogP contribution is -2.56. The van der Waals surface area contributed by atoms with Crippen LogP contribution in [0.15, 0.2) is 36.0 Å². The maximum absolute atomic E-state index is 12.8. The Morgan fingerprint density at radius 1 is 1.10 bits per heavy atom. The minimum atomic E-state index is -0.743. The molecule has 8 heteroatoms. The molecule has 0 aromatic rings. The maximum atomic E-state index is 12.8. The highest BCUT2D eigenvalue weighted by molar-refractivity contribution is 5.89. The van der Waals surface area contributed by atoms with Gasteiger partial charge in [0.15, 0.2) is 5.78 Å². The van der Waals surface area contributed by atoms with E-state index in [4.69, 9.17) is 14.2 Å². The van der Waals surface area contributed by atoms with Gasteiger partial charge in [-0.3, -0.25) is 4.79 Å². The summed E-state index contributed by atoms with van der Waals surface area (Å²) in [5, 5.41) is 20.6. The third kappa shape index (κ3) is 8.55. The number of aliphatic hydroxyl groups excluding tert-OH is 2. The summed E-state index contributed by atoms with van der Waals surface area (Å²) in [4.78, 5) is 26.8. The second-order valence-electron chi connectivity index (χ2n) is 13.8. The van der Waals surface area contributed by atoms with Gasteiger partial charge in [0.25, 0.3) is 0 Å². The van der Waals surface area contributed by atoms with Crippen LogP contribution in [-0.2, 0) is 19.0 Å². The van der Waals surface area contributed by atoms with Crippen molar-refractivity contribution in [3.8, 4) is 0 Å². The molecule has 4 aliphatic rings. The highest BCUT2D eigenvalue weighted by Crippen LogP contribution is 2.46. The molecule has 8 nitrogen and oxygen atoms in total. The number of hydrogen-bond donors (Lipinski definition) is 2. The number of likely N-dealkylation sites (tertiary alicyclic amines) is 1. The van der Waals surface area contributed by atoms with E-state index in [-0.39, 0.29) is 18.5 Å². The summed E-state index contributed by atoms with van der Waals surface area (Å²) in [6, 6.07) is 0. The Morgan fingerprint density at radius 3 is 2.43 bits per heavy atom. The molecule has 3 heterocycles. The molecule has 0 aromatic carbocycles. The molecule has 2 N–H and O–H groups in total. The molecule has 0 radical (unpaired) electrons. The molecule has 0 aromatic heterocycles. The standard InChI is InChI=1S/C34H53NO7/c1-23(10-14-30-31(38)34(22-40-34)20-33(5,21-36)42-30)9-12-27-17-25(3)28(18-24(27)2)19-29(37)13-11-26(4)41-32(39)35-15-7-6-8-16-35/h9-11,13-14,24-28,30-31,36,38H,6-8,12,15-22H2,1-5H3/b13-11-,14-10+,23-9+/t24-,25-,26-,27+,28-,30?,31+,33-,34+/m0/s1. The van der Waals surface area contributed by atoms with Crippen molar-refractivity contribution in [2.45, 2.75) is 115 Å². The normalized spacial score (nSPS) is 38.3. The first-order valence-electron chi connectivity index (χ1n) is 16.1. The largest absolute Gasteiger partial charge is 0.442 e. The zero-order chi connectivity index (χ0) is 30.5. The molecule has 1 spiro atoms. The van der Waals surface area contributed by atoms with Gasteiger partial charge in [-0.1, -0.05) is 37.6 Å². The molecule has 1 aliphatic carbocycles. The number of ether oxygens (including phenoxy) is 3. The lowest BCUT2D eigenvalue weighted by atomic mass is 9.67. The van der Waals surface area contributed by atoms with E-state index in [1.54, 1.807) is 24.0 Å². The van der Waals surface area contributed by atoms with Crippen molar-refractivity contribution in [2.75, 3.05) is 26.3 Å². The summed E-state index contributed by atoms with van der Waals surface area (Å²) < 4.78 is 17.2. The van der Waals surface area contributed by atoms with Crippen LogP contribution in [0, 0.1) is 23.7 Å². The number of piperidine rings is 1. The second-order valence-corrected chi connectivity index (χ2v) is 13.8. The minimum Gasteiger partial charge on any atom is -0.442 e. The fraction of sp³-hybridized carbons (Fsp3) is 0.765. The number of rotatable bonds is 10. The van der Waals surface area contributed by atoms with E-state index in [0.29, 0.717) is 43.1 Å². The number of nitrogens with zero attached hydrogens (tertiary/aromatic N) is 1. The van der Waals surface area contributed by atoms with E-state index in [0.717, 1.165) is 57.2 Å². The quantitative estimate of drug-likeness (QED) is 0.201. The number of epoxide rings is 1. The summed E-state index contributed by atoms with van der Waals surface area (Å²) in [6.45, 7) is 12.2. The number of ketones is 1. The summed E-state index contributed by atoms with van der Waals surface area (Å²) >= 11 is 0.